The molecule has 1 aromatic carbocycles. The lowest BCUT2D eigenvalue weighted by Crippen LogP contribution is -2.31. The first-order valence-electron chi connectivity index (χ1n) is 7.07. The van der Waals surface area contributed by atoms with Crippen LogP contribution < -0.4 is 0 Å². The number of carbonyl (C=O) groups is 1. The standard InChI is InChI=1S/C16H18Cl2O3/c1-3-7-16(8-4-2)14(19)13(15(20)21-16)11-6-5-10(17)9-12(11)18/h5-6,9,19H,3-4,7-8H2,1-2H3. The molecule has 3 nitrogen and oxygen atoms in total. The molecular weight excluding hydrogens is 311 g/mol. The number of rotatable bonds is 5. The molecule has 0 bridgehead atoms. The van der Waals surface area contributed by atoms with E-state index in [0.29, 0.717) is 28.5 Å². The van der Waals surface area contributed by atoms with E-state index in [-0.39, 0.29) is 11.3 Å². The Balaban J connectivity index is 2.54. The van der Waals surface area contributed by atoms with Gasteiger partial charge in [0.15, 0.2) is 11.4 Å². The van der Waals surface area contributed by atoms with E-state index in [0.717, 1.165) is 12.8 Å². The van der Waals surface area contributed by atoms with Gasteiger partial charge >= 0.3 is 5.97 Å². The van der Waals surface area contributed by atoms with Crippen LogP contribution in [0.3, 0.4) is 0 Å². The predicted molar refractivity (Wildman–Crippen MR) is 84.6 cm³/mol. The highest BCUT2D eigenvalue weighted by molar-refractivity contribution is 6.37. The van der Waals surface area contributed by atoms with E-state index in [4.69, 9.17) is 27.9 Å². The lowest BCUT2D eigenvalue weighted by Gasteiger charge is -2.27. The van der Waals surface area contributed by atoms with Gasteiger partial charge in [0.25, 0.3) is 0 Å². The number of aliphatic hydroxyl groups is 1. The SMILES string of the molecule is CCCC1(CCC)OC(=O)C(c2ccc(Cl)cc2Cl)=C1O. The Morgan fingerprint density at radius 3 is 2.33 bits per heavy atom. The molecule has 0 saturated heterocycles. The number of esters is 1. The Morgan fingerprint density at radius 2 is 1.81 bits per heavy atom. The van der Waals surface area contributed by atoms with Gasteiger partial charge < -0.3 is 9.84 Å². The highest BCUT2D eigenvalue weighted by Crippen LogP contribution is 2.43. The molecule has 1 heterocycles. The van der Waals surface area contributed by atoms with Crippen LogP contribution in [0.5, 0.6) is 0 Å². The van der Waals surface area contributed by atoms with Crippen LogP contribution in [0.2, 0.25) is 10.0 Å². The molecule has 0 fully saturated rings. The maximum atomic E-state index is 12.3. The Bertz CT molecular complexity index is 587. The fourth-order valence-electron chi connectivity index (χ4n) is 2.80. The predicted octanol–water partition coefficient (Wildman–Crippen LogP) is 5.16. The van der Waals surface area contributed by atoms with Crippen molar-refractivity contribution in [2.45, 2.75) is 45.1 Å². The third-order valence-electron chi connectivity index (χ3n) is 3.67. The van der Waals surface area contributed by atoms with Crippen molar-refractivity contribution >= 4 is 34.7 Å². The lowest BCUT2D eigenvalue weighted by atomic mass is 9.89. The quantitative estimate of drug-likeness (QED) is 0.759. The van der Waals surface area contributed by atoms with Gasteiger partial charge in [-0.1, -0.05) is 56.0 Å². The first-order valence-corrected chi connectivity index (χ1v) is 7.83. The molecule has 0 unspecified atom stereocenters. The van der Waals surface area contributed by atoms with Gasteiger partial charge in [-0.15, -0.1) is 0 Å². The van der Waals surface area contributed by atoms with Gasteiger partial charge in [-0.05, 0) is 25.0 Å². The van der Waals surface area contributed by atoms with Gasteiger partial charge in [0.05, 0.1) is 5.02 Å². The van der Waals surface area contributed by atoms with Crippen LogP contribution in [0.4, 0.5) is 0 Å². The van der Waals surface area contributed by atoms with Crippen molar-refractivity contribution in [1.29, 1.82) is 0 Å². The van der Waals surface area contributed by atoms with Crippen molar-refractivity contribution < 1.29 is 14.6 Å². The lowest BCUT2D eigenvalue weighted by molar-refractivity contribution is -0.148. The van der Waals surface area contributed by atoms with Crippen LogP contribution in [0.25, 0.3) is 5.57 Å². The van der Waals surface area contributed by atoms with Gasteiger partial charge in [-0.2, -0.15) is 0 Å². The molecule has 21 heavy (non-hydrogen) atoms. The average molecular weight is 329 g/mol. The van der Waals surface area contributed by atoms with Crippen LogP contribution in [0, 0.1) is 0 Å². The highest BCUT2D eigenvalue weighted by Gasteiger charge is 2.47. The third kappa shape index (κ3) is 2.90. The molecule has 0 radical (unpaired) electrons. The van der Waals surface area contributed by atoms with Crippen molar-refractivity contribution in [3.8, 4) is 0 Å². The summed E-state index contributed by atoms with van der Waals surface area (Å²) in [6.45, 7) is 3.98. The Kier molecular flexibility index (Phi) is 4.84. The van der Waals surface area contributed by atoms with Crippen molar-refractivity contribution in [2.75, 3.05) is 0 Å². The minimum Gasteiger partial charge on any atom is -0.507 e. The second kappa shape index (κ2) is 6.29. The number of cyclic esters (lactones) is 1. The van der Waals surface area contributed by atoms with Crippen LogP contribution in [0.1, 0.15) is 45.1 Å². The molecule has 0 spiro atoms. The molecule has 1 aliphatic heterocycles. The van der Waals surface area contributed by atoms with Crippen molar-refractivity contribution in [3.63, 3.8) is 0 Å². The number of aliphatic hydroxyl groups excluding tert-OH is 1. The number of hydrogen-bond acceptors (Lipinski definition) is 3. The maximum Gasteiger partial charge on any atom is 0.343 e. The number of benzene rings is 1. The van der Waals surface area contributed by atoms with E-state index in [1.807, 2.05) is 13.8 Å². The number of hydrogen-bond donors (Lipinski definition) is 1. The summed E-state index contributed by atoms with van der Waals surface area (Å²) in [5, 5.41) is 11.4. The summed E-state index contributed by atoms with van der Waals surface area (Å²) in [6.07, 6.45) is 2.79. The summed E-state index contributed by atoms with van der Waals surface area (Å²) in [6, 6.07) is 4.81. The minimum atomic E-state index is -0.918. The normalized spacial score (nSPS) is 17.2. The topological polar surface area (TPSA) is 46.5 Å². The first kappa shape index (κ1) is 16.2. The Morgan fingerprint density at radius 1 is 1.19 bits per heavy atom. The van der Waals surface area contributed by atoms with Crippen LogP contribution in [-0.4, -0.2) is 16.7 Å². The van der Waals surface area contributed by atoms with Crippen molar-refractivity contribution in [1.82, 2.24) is 0 Å². The first-order chi connectivity index (χ1) is 9.95. The molecule has 0 aliphatic carbocycles. The second-order valence-corrected chi connectivity index (χ2v) is 6.08. The summed E-state index contributed by atoms with van der Waals surface area (Å²) < 4.78 is 5.54. The van der Waals surface area contributed by atoms with Gasteiger partial charge in [0.1, 0.15) is 5.57 Å². The Hall–Kier alpha value is -1.19. The average Bonchev–Trinajstić information content (AvgIpc) is 2.63. The maximum absolute atomic E-state index is 12.3. The van der Waals surface area contributed by atoms with E-state index in [2.05, 4.69) is 0 Å². The molecule has 1 aromatic rings. The Labute approximate surface area is 134 Å². The highest BCUT2D eigenvalue weighted by atomic mass is 35.5. The zero-order chi connectivity index (χ0) is 15.6. The van der Waals surface area contributed by atoms with Crippen LogP contribution >= 0.6 is 23.2 Å². The van der Waals surface area contributed by atoms with E-state index < -0.39 is 11.6 Å². The minimum absolute atomic E-state index is 0.0135. The van der Waals surface area contributed by atoms with E-state index in [1.165, 1.54) is 0 Å². The summed E-state index contributed by atoms with van der Waals surface area (Å²) >= 11 is 12.0. The molecule has 114 valence electrons. The van der Waals surface area contributed by atoms with Gasteiger partial charge in [0.2, 0.25) is 0 Å². The summed E-state index contributed by atoms with van der Waals surface area (Å²) in [4.78, 5) is 12.3. The smallest absolute Gasteiger partial charge is 0.343 e. The molecule has 0 saturated carbocycles. The number of halogens is 2. The molecule has 2 rings (SSSR count). The fourth-order valence-corrected chi connectivity index (χ4v) is 3.31. The van der Waals surface area contributed by atoms with Gasteiger partial charge in [-0.25, -0.2) is 4.79 Å². The van der Waals surface area contributed by atoms with Crippen LogP contribution in [-0.2, 0) is 9.53 Å². The summed E-state index contributed by atoms with van der Waals surface area (Å²) in [5.74, 6) is -0.543. The molecule has 1 aliphatic rings. The summed E-state index contributed by atoms with van der Waals surface area (Å²) in [5.41, 5.74) is -0.310. The molecule has 0 amide bonds. The zero-order valence-corrected chi connectivity index (χ0v) is 13.6. The van der Waals surface area contributed by atoms with E-state index in [1.54, 1.807) is 18.2 Å². The largest absolute Gasteiger partial charge is 0.507 e. The molecular formula is C16H18Cl2O3. The van der Waals surface area contributed by atoms with Crippen molar-refractivity contribution in [2.24, 2.45) is 0 Å². The number of ether oxygens (including phenoxy) is 1. The third-order valence-corrected chi connectivity index (χ3v) is 4.22. The summed E-state index contributed by atoms with van der Waals surface area (Å²) in [7, 11) is 0. The number of carbonyl (C=O) groups excluding carboxylic acids is 1. The van der Waals surface area contributed by atoms with Crippen LogP contribution in [0.15, 0.2) is 24.0 Å². The van der Waals surface area contributed by atoms with Gasteiger partial charge in [-0.3, -0.25) is 0 Å². The van der Waals surface area contributed by atoms with E-state index in [9.17, 15) is 9.90 Å². The van der Waals surface area contributed by atoms with E-state index >= 15 is 0 Å². The molecule has 0 atom stereocenters. The molecule has 1 N–H and O–H groups in total. The zero-order valence-electron chi connectivity index (χ0n) is 12.1. The van der Waals surface area contributed by atoms with Gasteiger partial charge in [0, 0.05) is 10.6 Å². The monoisotopic (exact) mass is 328 g/mol. The van der Waals surface area contributed by atoms with Crippen molar-refractivity contribution in [3.05, 3.63) is 39.6 Å². The molecule has 0 aromatic heterocycles. The fraction of sp³-hybridized carbons (Fsp3) is 0.438. The second-order valence-electron chi connectivity index (χ2n) is 5.23. The molecule has 5 heteroatoms.